The van der Waals surface area contributed by atoms with Crippen LogP contribution in [0.2, 0.25) is 0 Å². The molecule has 0 bridgehead atoms. The summed E-state index contributed by atoms with van der Waals surface area (Å²) in [7, 11) is 0. The van der Waals surface area contributed by atoms with Crippen molar-refractivity contribution in [3.63, 3.8) is 0 Å². The average molecular weight is 204 g/mol. The van der Waals surface area contributed by atoms with Gasteiger partial charge in [0.15, 0.2) is 0 Å². The summed E-state index contributed by atoms with van der Waals surface area (Å²) in [5.74, 6) is 0.409. The fraction of sp³-hybridized carbons (Fsp3) is 0.273. The zero-order valence-electron chi connectivity index (χ0n) is 8.24. The molecule has 2 aromatic rings. The van der Waals surface area contributed by atoms with Gasteiger partial charge in [-0.2, -0.15) is 5.10 Å². The lowest BCUT2D eigenvalue weighted by Gasteiger charge is -2.07. The third-order valence-electron chi connectivity index (χ3n) is 2.27. The number of fused-ring (bicyclic) bond motifs is 1. The highest BCUT2D eigenvalue weighted by Gasteiger charge is 2.06. The van der Waals surface area contributed by atoms with Gasteiger partial charge >= 0.3 is 0 Å². The highest BCUT2D eigenvalue weighted by Crippen LogP contribution is 2.22. The largest absolute Gasteiger partial charge is 0.267 e. The normalized spacial score (nSPS) is 11.1. The number of aromatic amines is 1. The zero-order chi connectivity index (χ0) is 10.1. The molecule has 0 aliphatic carbocycles. The molecule has 1 aromatic carbocycles. The first kappa shape index (κ1) is 9.34. The van der Waals surface area contributed by atoms with Crippen LogP contribution in [0.3, 0.4) is 0 Å². The van der Waals surface area contributed by atoms with Crippen molar-refractivity contribution in [2.45, 2.75) is 19.8 Å². The van der Waals surface area contributed by atoms with Gasteiger partial charge in [0.05, 0.1) is 5.69 Å². The lowest BCUT2D eigenvalue weighted by atomic mass is 10.0. The second-order valence-corrected chi connectivity index (χ2v) is 4.05. The maximum absolute atomic E-state index is 5.18. The number of benzene rings is 1. The first-order valence-corrected chi connectivity index (χ1v) is 5.08. The van der Waals surface area contributed by atoms with E-state index in [9.17, 15) is 0 Å². The van der Waals surface area contributed by atoms with E-state index in [-0.39, 0.29) is 0 Å². The van der Waals surface area contributed by atoms with Gasteiger partial charge in [-0.05, 0) is 5.92 Å². The maximum atomic E-state index is 5.18. The molecule has 0 saturated carbocycles. The molecule has 0 aliphatic heterocycles. The van der Waals surface area contributed by atoms with Crippen molar-refractivity contribution in [3.05, 3.63) is 34.6 Å². The first-order chi connectivity index (χ1) is 6.70. The minimum absolute atomic E-state index is 0.409. The van der Waals surface area contributed by atoms with Crippen molar-refractivity contribution in [1.82, 2.24) is 10.2 Å². The van der Waals surface area contributed by atoms with E-state index >= 15 is 0 Å². The Morgan fingerprint density at radius 2 is 1.86 bits per heavy atom. The van der Waals surface area contributed by atoms with E-state index in [2.05, 4.69) is 30.1 Å². The number of rotatable bonds is 1. The van der Waals surface area contributed by atoms with Crippen LogP contribution < -0.4 is 0 Å². The molecule has 1 N–H and O–H groups in total. The third kappa shape index (κ3) is 1.44. The van der Waals surface area contributed by atoms with E-state index in [0.717, 1.165) is 16.5 Å². The summed E-state index contributed by atoms with van der Waals surface area (Å²) in [5, 5.41) is 9.41. The maximum Gasteiger partial charge on any atom is 0.127 e. The Labute approximate surface area is 88.0 Å². The first-order valence-electron chi connectivity index (χ1n) is 4.67. The second-order valence-electron chi connectivity index (χ2n) is 3.64. The molecule has 3 heteroatoms. The Hall–Kier alpha value is -1.22. The number of hydrogen-bond acceptors (Lipinski definition) is 2. The van der Waals surface area contributed by atoms with E-state index in [1.165, 1.54) is 0 Å². The molecule has 72 valence electrons. The van der Waals surface area contributed by atoms with Crippen molar-refractivity contribution in [1.29, 1.82) is 0 Å². The van der Waals surface area contributed by atoms with Crippen LogP contribution in [-0.2, 0) is 0 Å². The molecule has 0 unspecified atom stereocenters. The molecule has 0 fully saturated rings. The molecular weight excluding hydrogens is 192 g/mol. The van der Waals surface area contributed by atoms with Crippen LogP contribution in [0.4, 0.5) is 0 Å². The third-order valence-corrected chi connectivity index (χ3v) is 2.58. The van der Waals surface area contributed by atoms with Gasteiger partial charge in [-0.3, -0.25) is 5.10 Å². The summed E-state index contributed by atoms with van der Waals surface area (Å²) in [6.07, 6.45) is 0. The molecule has 0 atom stereocenters. The number of nitrogens with zero attached hydrogens (tertiary/aromatic N) is 1. The van der Waals surface area contributed by atoms with Crippen LogP contribution in [0.15, 0.2) is 24.3 Å². The Morgan fingerprint density at radius 1 is 1.21 bits per heavy atom. The van der Waals surface area contributed by atoms with Gasteiger partial charge in [-0.15, -0.1) is 0 Å². The summed E-state index contributed by atoms with van der Waals surface area (Å²) in [6, 6.07) is 8.11. The molecular formula is C11H12N2S. The van der Waals surface area contributed by atoms with Crippen LogP contribution >= 0.6 is 12.2 Å². The monoisotopic (exact) mass is 204 g/mol. The number of H-pyrrole nitrogens is 1. The van der Waals surface area contributed by atoms with Crippen LogP contribution in [0.5, 0.6) is 0 Å². The fourth-order valence-corrected chi connectivity index (χ4v) is 1.80. The Bertz CT molecular complexity index is 514. The molecule has 2 rings (SSSR count). The Morgan fingerprint density at radius 3 is 2.50 bits per heavy atom. The molecule has 1 aromatic heterocycles. The van der Waals surface area contributed by atoms with Crippen molar-refractivity contribution >= 4 is 23.0 Å². The Balaban J connectivity index is 2.89. The lowest BCUT2D eigenvalue weighted by molar-refractivity contribution is 0.797. The van der Waals surface area contributed by atoms with E-state index in [1.54, 1.807) is 0 Å². The topological polar surface area (TPSA) is 28.7 Å². The summed E-state index contributed by atoms with van der Waals surface area (Å²) in [6.45, 7) is 4.26. The fourth-order valence-electron chi connectivity index (χ4n) is 1.58. The van der Waals surface area contributed by atoms with Crippen LogP contribution in [-0.4, -0.2) is 10.2 Å². The quantitative estimate of drug-likeness (QED) is 0.721. The summed E-state index contributed by atoms with van der Waals surface area (Å²) < 4.78 is 0.713. The predicted octanol–water partition coefficient (Wildman–Crippen LogP) is 3.42. The molecule has 0 aliphatic rings. The molecule has 0 amide bonds. The minimum Gasteiger partial charge on any atom is -0.267 e. The van der Waals surface area contributed by atoms with Crippen molar-refractivity contribution < 1.29 is 0 Å². The molecule has 0 spiro atoms. The van der Waals surface area contributed by atoms with Gasteiger partial charge in [0.2, 0.25) is 0 Å². The van der Waals surface area contributed by atoms with Crippen LogP contribution in [0.25, 0.3) is 10.8 Å². The summed E-state index contributed by atoms with van der Waals surface area (Å²) in [4.78, 5) is 0. The highest BCUT2D eigenvalue weighted by atomic mass is 32.1. The molecule has 2 nitrogen and oxygen atoms in total. The number of aromatic nitrogens is 2. The standard InChI is InChI=1S/C11H12N2S/c1-7(2)10-8-5-3-4-6-9(8)11(14)13-12-10/h3-7H,1-2H3,(H,13,14). The smallest absolute Gasteiger partial charge is 0.127 e. The average Bonchev–Trinajstić information content (AvgIpc) is 2.18. The summed E-state index contributed by atoms with van der Waals surface area (Å²) in [5.41, 5.74) is 1.08. The lowest BCUT2D eigenvalue weighted by Crippen LogP contribution is -1.97. The van der Waals surface area contributed by atoms with Gasteiger partial charge in [0, 0.05) is 10.8 Å². The summed E-state index contributed by atoms with van der Waals surface area (Å²) >= 11 is 5.18. The van der Waals surface area contributed by atoms with E-state index < -0.39 is 0 Å². The van der Waals surface area contributed by atoms with Gasteiger partial charge in [-0.1, -0.05) is 50.3 Å². The molecule has 0 saturated heterocycles. The van der Waals surface area contributed by atoms with Crippen molar-refractivity contribution in [2.24, 2.45) is 0 Å². The van der Waals surface area contributed by atoms with Gasteiger partial charge in [-0.25, -0.2) is 0 Å². The van der Waals surface area contributed by atoms with E-state index in [0.29, 0.717) is 10.6 Å². The number of nitrogens with one attached hydrogen (secondary N) is 1. The molecule has 0 radical (unpaired) electrons. The van der Waals surface area contributed by atoms with Crippen LogP contribution in [0, 0.1) is 4.64 Å². The van der Waals surface area contributed by atoms with Crippen molar-refractivity contribution in [2.75, 3.05) is 0 Å². The highest BCUT2D eigenvalue weighted by molar-refractivity contribution is 7.71. The molecule has 14 heavy (non-hydrogen) atoms. The van der Waals surface area contributed by atoms with Crippen molar-refractivity contribution in [3.8, 4) is 0 Å². The van der Waals surface area contributed by atoms with E-state index in [1.807, 2.05) is 18.2 Å². The zero-order valence-corrected chi connectivity index (χ0v) is 9.06. The SMILES string of the molecule is CC(C)c1n[nH]c(=S)c2ccccc12. The van der Waals surface area contributed by atoms with Crippen LogP contribution in [0.1, 0.15) is 25.5 Å². The van der Waals surface area contributed by atoms with E-state index in [4.69, 9.17) is 12.2 Å². The van der Waals surface area contributed by atoms with Gasteiger partial charge in [0.25, 0.3) is 0 Å². The van der Waals surface area contributed by atoms with Gasteiger partial charge in [0.1, 0.15) is 4.64 Å². The predicted molar refractivity (Wildman–Crippen MR) is 61.0 cm³/mol. The minimum atomic E-state index is 0.409. The molecule has 1 heterocycles. The number of hydrogen-bond donors (Lipinski definition) is 1. The van der Waals surface area contributed by atoms with Gasteiger partial charge < -0.3 is 0 Å². The second kappa shape index (κ2) is 3.50. The Kier molecular flexibility index (Phi) is 2.33.